The molecule has 0 unspecified atom stereocenters. The zero-order chi connectivity index (χ0) is 26.0. The maximum absolute atomic E-state index is 12.9. The second kappa shape index (κ2) is 10.1. The van der Waals surface area contributed by atoms with Crippen LogP contribution in [0.2, 0.25) is 0 Å². The first kappa shape index (κ1) is 25.3. The molecule has 0 saturated carbocycles. The summed E-state index contributed by atoms with van der Waals surface area (Å²) >= 11 is 1.18. The van der Waals surface area contributed by atoms with Crippen molar-refractivity contribution in [3.05, 3.63) is 46.7 Å². The standard InChI is InChI=1S/C22H26N8O4S2/c1-13-5-6-16-15(9-24-27-16)19(13)25-21(32)17-10-23-22(35-17)26-20-14(2)11-30(28-20)12-18(31)29(3)7-8-36(4,33)34/h5-6,9-11H,7-8,12H2,1-4H3,(H,24,27)(H,25,32)(H,23,26,28). The van der Waals surface area contributed by atoms with Crippen molar-refractivity contribution in [3.8, 4) is 0 Å². The van der Waals surface area contributed by atoms with Crippen molar-refractivity contribution in [2.75, 3.05) is 36.2 Å². The van der Waals surface area contributed by atoms with Crippen LogP contribution < -0.4 is 10.6 Å². The van der Waals surface area contributed by atoms with E-state index in [9.17, 15) is 18.0 Å². The average molecular weight is 531 g/mol. The number of fused-ring (bicyclic) bond motifs is 1. The van der Waals surface area contributed by atoms with Crippen LogP contribution in [-0.2, 0) is 21.2 Å². The number of nitrogens with one attached hydrogen (secondary N) is 3. The van der Waals surface area contributed by atoms with Crippen LogP contribution in [0.3, 0.4) is 0 Å². The van der Waals surface area contributed by atoms with Crippen molar-refractivity contribution >= 4 is 60.5 Å². The van der Waals surface area contributed by atoms with Crippen molar-refractivity contribution in [2.24, 2.45) is 0 Å². The highest BCUT2D eigenvalue weighted by Crippen LogP contribution is 2.28. The summed E-state index contributed by atoms with van der Waals surface area (Å²) in [4.78, 5) is 31.3. The SMILES string of the molecule is Cc1cn(CC(=O)N(C)CCS(C)(=O)=O)nc1Nc1ncc(C(=O)Nc2c(C)ccc3[nH]ncc23)s1. The van der Waals surface area contributed by atoms with Gasteiger partial charge in [-0.05, 0) is 25.5 Å². The Balaban J connectivity index is 1.40. The molecule has 14 heteroatoms. The third-order valence-corrected chi connectivity index (χ3v) is 7.33. The summed E-state index contributed by atoms with van der Waals surface area (Å²) in [6, 6.07) is 3.81. The van der Waals surface area contributed by atoms with Crippen LogP contribution in [0.25, 0.3) is 10.9 Å². The molecule has 4 rings (SSSR count). The number of H-pyrrole nitrogens is 1. The molecule has 1 aromatic carbocycles. The van der Waals surface area contributed by atoms with Gasteiger partial charge in [0.1, 0.15) is 21.3 Å². The fraction of sp³-hybridized carbons (Fsp3) is 0.318. The number of likely N-dealkylation sites (N-methyl/N-ethyl adjacent to an activating group) is 1. The van der Waals surface area contributed by atoms with Crippen LogP contribution in [0.15, 0.2) is 30.7 Å². The monoisotopic (exact) mass is 530 g/mol. The number of carbonyl (C=O) groups excluding carboxylic acids is 2. The van der Waals surface area contributed by atoms with Crippen LogP contribution in [0, 0.1) is 13.8 Å². The van der Waals surface area contributed by atoms with Gasteiger partial charge in [0.25, 0.3) is 5.91 Å². The molecular formula is C22H26N8O4S2. The summed E-state index contributed by atoms with van der Waals surface area (Å²) in [7, 11) is -1.60. The Morgan fingerprint density at radius 2 is 1.97 bits per heavy atom. The van der Waals surface area contributed by atoms with Crippen molar-refractivity contribution < 1.29 is 18.0 Å². The number of rotatable bonds is 9. The molecule has 36 heavy (non-hydrogen) atoms. The summed E-state index contributed by atoms with van der Waals surface area (Å²) in [6.45, 7) is 3.82. The zero-order valence-electron chi connectivity index (χ0n) is 20.2. The lowest BCUT2D eigenvalue weighted by atomic mass is 10.1. The van der Waals surface area contributed by atoms with Crippen LogP contribution in [0.5, 0.6) is 0 Å². The molecule has 3 aromatic heterocycles. The van der Waals surface area contributed by atoms with Crippen molar-refractivity contribution in [1.29, 1.82) is 0 Å². The van der Waals surface area contributed by atoms with Gasteiger partial charge in [0.05, 0.1) is 29.4 Å². The second-order valence-corrected chi connectivity index (χ2v) is 11.8. The maximum atomic E-state index is 12.9. The predicted molar refractivity (Wildman–Crippen MR) is 138 cm³/mol. The second-order valence-electron chi connectivity index (χ2n) is 8.50. The lowest BCUT2D eigenvalue weighted by molar-refractivity contribution is -0.130. The van der Waals surface area contributed by atoms with E-state index in [1.54, 1.807) is 19.4 Å². The van der Waals surface area contributed by atoms with Gasteiger partial charge < -0.3 is 15.5 Å². The summed E-state index contributed by atoms with van der Waals surface area (Å²) in [5.74, 6) is -0.148. The smallest absolute Gasteiger partial charge is 0.267 e. The number of nitrogens with zero attached hydrogens (tertiary/aromatic N) is 5. The number of sulfone groups is 1. The van der Waals surface area contributed by atoms with Crippen LogP contribution >= 0.6 is 11.3 Å². The fourth-order valence-corrected chi connectivity index (χ4v) is 4.73. The molecule has 0 atom stereocenters. The summed E-state index contributed by atoms with van der Waals surface area (Å²) in [6.07, 6.45) is 6.00. The minimum atomic E-state index is -3.16. The maximum Gasteiger partial charge on any atom is 0.267 e. The van der Waals surface area contributed by atoms with Crippen molar-refractivity contribution in [3.63, 3.8) is 0 Å². The molecule has 0 fully saturated rings. The van der Waals surface area contributed by atoms with Gasteiger partial charge >= 0.3 is 0 Å². The number of thiazole rings is 1. The first-order chi connectivity index (χ1) is 17.0. The van der Waals surface area contributed by atoms with E-state index < -0.39 is 9.84 Å². The van der Waals surface area contributed by atoms with Crippen LogP contribution in [-0.4, -0.2) is 75.7 Å². The minimum Gasteiger partial charge on any atom is -0.343 e. The number of amides is 2. The molecule has 4 aromatic rings. The molecule has 0 radical (unpaired) electrons. The minimum absolute atomic E-state index is 0.0345. The molecule has 2 amide bonds. The van der Waals surface area contributed by atoms with E-state index >= 15 is 0 Å². The lowest BCUT2D eigenvalue weighted by Gasteiger charge is -2.16. The first-order valence-corrected chi connectivity index (χ1v) is 13.8. The number of aromatic nitrogens is 5. The highest BCUT2D eigenvalue weighted by atomic mass is 32.2. The summed E-state index contributed by atoms with van der Waals surface area (Å²) in [5.41, 5.74) is 3.21. The third-order valence-electron chi connectivity index (χ3n) is 5.49. The van der Waals surface area contributed by atoms with E-state index in [0.29, 0.717) is 21.5 Å². The highest BCUT2D eigenvalue weighted by molar-refractivity contribution is 7.90. The quantitative estimate of drug-likeness (QED) is 0.298. The van der Waals surface area contributed by atoms with Crippen molar-refractivity contribution in [1.82, 2.24) is 29.9 Å². The number of hydrogen-bond acceptors (Lipinski definition) is 9. The summed E-state index contributed by atoms with van der Waals surface area (Å²) < 4.78 is 24.1. The fourth-order valence-electron chi connectivity index (χ4n) is 3.42. The van der Waals surface area contributed by atoms with Gasteiger partial charge in [-0.1, -0.05) is 17.4 Å². The molecule has 12 nitrogen and oxygen atoms in total. The van der Waals surface area contributed by atoms with Gasteiger partial charge in [0, 0.05) is 37.0 Å². The molecule has 0 saturated heterocycles. The van der Waals surface area contributed by atoms with Gasteiger partial charge in [-0.2, -0.15) is 10.2 Å². The van der Waals surface area contributed by atoms with Gasteiger partial charge in [-0.15, -0.1) is 0 Å². The number of benzene rings is 1. The number of carbonyl (C=O) groups is 2. The molecule has 0 aliphatic heterocycles. The topological polar surface area (TPSA) is 155 Å². The molecule has 190 valence electrons. The Hall–Kier alpha value is -3.78. The van der Waals surface area contributed by atoms with E-state index in [1.807, 2.05) is 26.0 Å². The molecule has 3 N–H and O–H groups in total. The molecule has 0 aliphatic rings. The van der Waals surface area contributed by atoms with E-state index in [4.69, 9.17) is 0 Å². The average Bonchev–Trinajstić information content (AvgIpc) is 3.54. The molecule has 0 bridgehead atoms. The largest absolute Gasteiger partial charge is 0.343 e. The molecule has 3 heterocycles. The van der Waals surface area contributed by atoms with Gasteiger partial charge in [-0.3, -0.25) is 19.4 Å². The first-order valence-electron chi connectivity index (χ1n) is 10.9. The van der Waals surface area contributed by atoms with Crippen LogP contribution in [0.1, 0.15) is 20.8 Å². The van der Waals surface area contributed by atoms with E-state index in [-0.39, 0.29) is 30.7 Å². The highest BCUT2D eigenvalue weighted by Gasteiger charge is 2.17. The third kappa shape index (κ3) is 5.88. The molecule has 0 spiro atoms. The lowest BCUT2D eigenvalue weighted by Crippen LogP contribution is -2.34. The number of aryl methyl sites for hydroxylation is 2. The Morgan fingerprint density at radius 1 is 1.19 bits per heavy atom. The van der Waals surface area contributed by atoms with Crippen LogP contribution in [0.4, 0.5) is 16.6 Å². The number of anilines is 3. The molecule has 0 aliphatic carbocycles. The Kier molecular flexibility index (Phi) is 7.08. The van der Waals surface area contributed by atoms with E-state index in [1.165, 1.54) is 27.1 Å². The zero-order valence-corrected chi connectivity index (χ0v) is 21.8. The number of hydrogen-bond donors (Lipinski definition) is 3. The van der Waals surface area contributed by atoms with Gasteiger partial charge in [-0.25, -0.2) is 13.4 Å². The van der Waals surface area contributed by atoms with Crippen molar-refractivity contribution in [2.45, 2.75) is 20.4 Å². The normalized spacial score (nSPS) is 11.6. The van der Waals surface area contributed by atoms with E-state index in [2.05, 4.69) is 30.9 Å². The Morgan fingerprint density at radius 3 is 2.72 bits per heavy atom. The predicted octanol–water partition coefficient (Wildman–Crippen LogP) is 2.33. The Labute approximate surface area is 211 Å². The number of aromatic amines is 1. The van der Waals surface area contributed by atoms with Gasteiger partial charge in [0.15, 0.2) is 10.9 Å². The van der Waals surface area contributed by atoms with Gasteiger partial charge in [0.2, 0.25) is 5.91 Å². The van der Waals surface area contributed by atoms with E-state index in [0.717, 1.165) is 28.3 Å². The molecular weight excluding hydrogens is 504 g/mol. The Bertz CT molecular complexity index is 1540. The summed E-state index contributed by atoms with van der Waals surface area (Å²) in [5, 5.41) is 18.7.